The van der Waals surface area contributed by atoms with E-state index in [2.05, 4.69) is 73.7 Å². The van der Waals surface area contributed by atoms with Crippen LogP contribution in [0.3, 0.4) is 0 Å². The molecule has 3 rings (SSSR count). The van der Waals surface area contributed by atoms with E-state index in [1.54, 1.807) is 0 Å². The summed E-state index contributed by atoms with van der Waals surface area (Å²) in [5, 5.41) is 2.61. The third-order valence-corrected chi connectivity index (χ3v) is 3.10. The van der Waals surface area contributed by atoms with E-state index in [1.807, 2.05) is 0 Å². The SMILES string of the molecule is Cc1ccc2ccc(-c3ccccc3)cc2c1. The Labute approximate surface area is 102 Å². The van der Waals surface area contributed by atoms with E-state index in [9.17, 15) is 0 Å². The second kappa shape index (κ2) is 4.06. The summed E-state index contributed by atoms with van der Waals surface area (Å²) < 4.78 is 0. The molecule has 0 saturated heterocycles. The van der Waals surface area contributed by atoms with E-state index in [4.69, 9.17) is 0 Å². The first-order valence-electron chi connectivity index (χ1n) is 5.89. The molecule has 0 nitrogen and oxygen atoms in total. The van der Waals surface area contributed by atoms with Gasteiger partial charge in [-0.1, -0.05) is 66.2 Å². The zero-order valence-electron chi connectivity index (χ0n) is 9.85. The van der Waals surface area contributed by atoms with Crippen LogP contribution in [0, 0.1) is 6.92 Å². The molecule has 82 valence electrons. The summed E-state index contributed by atoms with van der Waals surface area (Å²) in [6.45, 7) is 2.13. The van der Waals surface area contributed by atoms with Gasteiger partial charge in [-0.25, -0.2) is 0 Å². The van der Waals surface area contributed by atoms with Crippen molar-refractivity contribution < 1.29 is 0 Å². The summed E-state index contributed by atoms with van der Waals surface area (Å²) >= 11 is 0. The normalized spacial score (nSPS) is 10.6. The Kier molecular flexibility index (Phi) is 2.41. The van der Waals surface area contributed by atoms with Crippen LogP contribution in [-0.4, -0.2) is 0 Å². The highest BCUT2D eigenvalue weighted by atomic mass is 14.0. The van der Waals surface area contributed by atoms with Crippen molar-refractivity contribution >= 4 is 10.8 Å². The number of hydrogen-bond donors (Lipinski definition) is 0. The highest BCUT2D eigenvalue weighted by Gasteiger charge is 1.99. The number of rotatable bonds is 1. The molecule has 0 atom stereocenters. The molecular formula is C17H14. The molecule has 0 N–H and O–H groups in total. The Balaban J connectivity index is 2.19. The van der Waals surface area contributed by atoms with Gasteiger partial charge in [0.2, 0.25) is 0 Å². The molecule has 0 aliphatic heterocycles. The van der Waals surface area contributed by atoms with Crippen LogP contribution in [0.4, 0.5) is 0 Å². The van der Waals surface area contributed by atoms with E-state index in [-0.39, 0.29) is 0 Å². The van der Waals surface area contributed by atoms with Gasteiger partial charge in [-0.3, -0.25) is 0 Å². The quantitative estimate of drug-likeness (QED) is 0.549. The molecule has 0 heteroatoms. The number of fused-ring (bicyclic) bond motifs is 1. The highest BCUT2D eigenvalue weighted by molar-refractivity contribution is 5.87. The Morgan fingerprint density at radius 2 is 1.35 bits per heavy atom. The van der Waals surface area contributed by atoms with E-state index in [1.165, 1.54) is 27.5 Å². The Bertz CT molecular complexity index is 651. The second-order valence-electron chi connectivity index (χ2n) is 4.43. The van der Waals surface area contributed by atoms with Gasteiger partial charge in [0.1, 0.15) is 0 Å². The lowest BCUT2D eigenvalue weighted by Crippen LogP contribution is -1.79. The fraction of sp³-hybridized carbons (Fsp3) is 0.0588. The molecule has 0 bridgehead atoms. The van der Waals surface area contributed by atoms with Crippen LogP contribution in [0.15, 0.2) is 66.7 Å². The minimum Gasteiger partial charge on any atom is -0.0622 e. The van der Waals surface area contributed by atoms with Crippen LogP contribution in [-0.2, 0) is 0 Å². The second-order valence-corrected chi connectivity index (χ2v) is 4.43. The van der Waals surface area contributed by atoms with Gasteiger partial charge in [-0.15, -0.1) is 0 Å². The average molecular weight is 218 g/mol. The maximum Gasteiger partial charge on any atom is -0.0175 e. The standard InChI is InChI=1S/C17H14/c1-13-7-8-15-9-10-16(12-17(15)11-13)14-5-3-2-4-6-14/h2-12H,1H3. The lowest BCUT2D eigenvalue weighted by molar-refractivity contribution is 1.50. The van der Waals surface area contributed by atoms with Gasteiger partial charge in [0.05, 0.1) is 0 Å². The molecule has 0 heterocycles. The zero-order chi connectivity index (χ0) is 11.7. The number of aryl methyl sites for hydroxylation is 1. The molecular weight excluding hydrogens is 204 g/mol. The van der Waals surface area contributed by atoms with Crippen molar-refractivity contribution in [1.82, 2.24) is 0 Å². The molecule has 0 aromatic heterocycles. The Morgan fingerprint density at radius 3 is 2.18 bits per heavy atom. The summed E-state index contributed by atoms with van der Waals surface area (Å²) in [6.07, 6.45) is 0. The van der Waals surface area contributed by atoms with Gasteiger partial charge in [0.15, 0.2) is 0 Å². The van der Waals surface area contributed by atoms with E-state index in [0.717, 1.165) is 0 Å². The van der Waals surface area contributed by atoms with Crippen molar-refractivity contribution in [2.75, 3.05) is 0 Å². The van der Waals surface area contributed by atoms with Crippen molar-refractivity contribution in [3.8, 4) is 11.1 Å². The molecule has 0 amide bonds. The van der Waals surface area contributed by atoms with Gasteiger partial charge in [-0.2, -0.15) is 0 Å². The molecule has 17 heavy (non-hydrogen) atoms. The smallest absolute Gasteiger partial charge is 0.0175 e. The van der Waals surface area contributed by atoms with Gasteiger partial charge in [-0.05, 0) is 34.9 Å². The largest absolute Gasteiger partial charge is 0.0622 e. The van der Waals surface area contributed by atoms with Crippen LogP contribution in [0.25, 0.3) is 21.9 Å². The molecule has 3 aromatic rings. The van der Waals surface area contributed by atoms with Crippen molar-refractivity contribution in [1.29, 1.82) is 0 Å². The fourth-order valence-corrected chi connectivity index (χ4v) is 2.18. The number of hydrogen-bond acceptors (Lipinski definition) is 0. The predicted octanol–water partition coefficient (Wildman–Crippen LogP) is 4.82. The fourth-order valence-electron chi connectivity index (χ4n) is 2.18. The van der Waals surface area contributed by atoms with Crippen molar-refractivity contribution in [2.24, 2.45) is 0 Å². The Hall–Kier alpha value is -2.08. The van der Waals surface area contributed by atoms with Gasteiger partial charge in [0.25, 0.3) is 0 Å². The Morgan fingerprint density at radius 1 is 0.588 bits per heavy atom. The molecule has 0 fully saturated rings. The first kappa shape index (κ1) is 10.1. The van der Waals surface area contributed by atoms with E-state index >= 15 is 0 Å². The zero-order valence-corrected chi connectivity index (χ0v) is 9.85. The molecule has 0 aliphatic rings. The summed E-state index contributed by atoms with van der Waals surface area (Å²) in [5.74, 6) is 0. The van der Waals surface area contributed by atoms with Gasteiger partial charge in [0, 0.05) is 0 Å². The molecule has 3 aromatic carbocycles. The van der Waals surface area contributed by atoms with Gasteiger partial charge >= 0.3 is 0 Å². The summed E-state index contributed by atoms with van der Waals surface area (Å²) in [4.78, 5) is 0. The van der Waals surface area contributed by atoms with Crippen molar-refractivity contribution in [3.63, 3.8) is 0 Å². The van der Waals surface area contributed by atoms with Crippen molar-refractivity contribution in [2.45, 2.75) is 6.92 Å². The molecule has 0 radical (unpaired) electrons. The predicted molar refractivity (Wildman–Crippen MR) is 74.1 cm³/mol. The van der Waals surface area contributed by atoms with Crippen LogP contribution in [0.5, 0.6) is 0 Å². The molecule has 0 spiro atoms. The highest BCUT2D eigenvalue weighted by Crippen LogP contribution is 2.24. The lowest BCUT2D eigenvalue weighted by atomic mass is 10.0. The minimum atomic E-state index is 1.27. The maximum absolute atomic E-state index is 2.26. The number of benzene rings is 3. The summed E-state index contributed by atoms with van der Waals surface area (Å²) in [7, 11) is 0. The minimum absolute atomic E-state index is 1.27. The van der Waals surface area contributed by atoms with Crippen molar-refractivity contribution in [3.05, 3.63) is 72.3 Å². The average Bonchev–Trinajstić information content (AvgIpc) is 2.39. The van der Waals surface area contributed by atoms with E-state index in [0.29, 0.717) is 0 Å². The first-order chi connectivity index (χ1) is 8.33. The van der Waals surface area contributed by atoms with Crippen LogP contribution >= 0.6 is 0 Å². The first-order valence-corrected chi connectivity index (χ1v) is 5.89. The molecule has 0 unspecified atom stereocenters. The third kappa shape index (κ3) is 1.94. The van der Waals surface area contributed by atoms with E-state index < -0.39 is 0 Å². The summed E-state index contributed by atoms with van der Waals surface area (Å²) in [5.41, 5.74) is 3.86. The van der Waals surface area contributed by atoms with Crippen LogP contribution < -0.4 is 0 Å². The molecule has 0 saturated carbocycles. The topological polar surface area (TPSA) is 0 Å². The molecule has 0 aliphatic carbocycles. The maximum atomic E-state index is 2.26. The third-order valence-electron chi connectivity index (χ3n) is 3.10. The van der Waals surface area contributed by atoms with Crippen LogP contribution in [0.2, 0.25) is 0 Å². The summed E-state index contributed by atoms with van der Waals surface area (Å²) in [6, 6.07) is 23.7. The monoisotopic (exact) mass is 218 g/mol. The van der Waals surface area contributed by atoms with Gasteiger partial charge < -0.3 is 0 Å². The van der Waals surface area contributed by atoms with Crippen LogP contribution in [0.1, 0.15) is 5.56 Å². The lowest BCUT2D eigenvalue weighted by Gasteiger charge is -2.04.